The van der Waals surface area contributed by atoms with Crippen LogP contribution in [0, 0.1) is 5.82 Å². The summed E-state index contributed by atoms with van der Waals surface area (Å²) >= 11 is 1.54. The van der Waals surface area contributed by atoms with E-state index in [1.807, 2.05) is 0 Å². The molecule has 176 valence electrons. The Morgan fingerprint density at radius 1 is 1.12 bits per heavy atom. The molecular weight excluding hydrogens is 447 g/mol. The van der Waals surface area contributed by atoms with Gasteiger partial charge in [0.05, 0.1) is 12.1 Å². The smallest absolute Gasteiger partial charge is 0.191 e. The zero-order valence-electron chi connectivity index (χ0n) is 18.2. The van der Waals surface area contributed by atoms with E-state index in [4.69, 9.17) is 0 Å². The van der Waals surface area contributed by atoms with Crippen molar-refractivity contribution in [3.63, 3.8) is 0 Å². The van der Waals surface area contributed by atoms with Gasteiger partial charge in [0.2, 0.25) is 0 Å². The Kier molecular flexibility index (Phi) is 6.21. The second-order valence-electron chi connectivity index (χ2n) is 8.76. The normalized spacial score (nSPS) is 29.0. The van der Waals surface area contributed by atoms with E-state index in [9.17, 15) is 19.7 Å². The number of aliphatic hydroxyl groups excluding tert-OH is 3. The maximum Gasteiger partial charge on any atom is 0.191 e. The molecule has 0 spiro atoms. The first-order valence-electron chi connectivity index (χ1n) is 11.3. The fourth-order valence-corrected chi connectivity index (χ4v) is 5.26. The van der Waals surface area contributed by atoms with Crippen LogP contribution >= 0.6 is 11.8 Å². The number of aliphatic hydroxyl groups is 3. The predicted octanol–water partition coefficient (Wildman–Crippen LogP) is 2.25. The van der Waals surface area contributed by atoms with Crippen LogP contribution in [0.15, 0.2) is 29.4 Å². The van der Waals surface area contributed by atoms with Crippen molar-refractivity contribution in [3.05, 3.63) is 35.6 Å². The molecule has 5 rings (SSSR count). The number of nitrogens with one attached hydrogen (secondary N) is 1. The third-order valence-electron chi connectivity index (χ3n) is 6.38. The van der Waals surface area contributed by atoms with E-state index < -0.39 is 24.4 Å². The summed E-state index contributed by atoms with van der Waals surface area (Å²) in [6, 6.07) is 6.04. The number of rotatable bonds is 8. The van der Waals surface area contributed by atoms with E-state index in [1.54, 1.807) is 23.9 Å². The molecule has 2 aliphatic carbocycles. The van der Waals surface area contributed by atoms with Crippen LogP contribution < -0.4 is 5.32 Å². The molecule has 1 aromatic carbocycles. The van der Waals surface area contributed by atoms with Crippen molar-refractivity contribution in [1.82, 2.24) is 25.0 Å². The molecule has 9 nitrogen and oxygen atoms in total. The fourth-order valence-electron chi connectivity index (χ4n) is 4.34. The Morgan fingerprint density at radius 2 is 1.91 bits per heavy atom. The van der Waals surface area contributed by atoms with Crippen LogP contribution in [0.2, 0.25) is 0 Å². The standard InChI is InChI=1S/C22H27FN6O3S/c1-2-3-8-33-22-25-20(24-14-9-13(14)11-4-6-12(23)7-5-11)17-21(26-22)29(28-27-17)15-10-16(30)19(32)18(15)31/h4-7,13-16,18-19,30-32H,2-3,8-10H2,1H3,(H,24,25,26). The molecule has 0 saturated heterocycles. The van der Waals surface area contributed by atoms with E-state index in [-0.39, 0.29) is 24.2 Å². The quantitative estimate of drug-likeness (QED) is 0.221. The highest BCUT2D eigenvalue weighted by Gasteiger charge is 2.43. The minimum Gasteiger partial charge on any atom is -0.390 e. The van der Waals surface area contributed by atoms with Crippen LogP contribution in [0.25, 0.3) is 11.2 Å². The number of halogens is 1. The number of benzene rings is 1. The van der Waals surface area contributed by atoms with Crippen molar-refractivity contribution >= 4 is 28.7 Å². The van der Waals surface area contributed by atoms with Crippen LogP contribution in [0.1, 0.15) is 50.1 Å². The largest absolute Gasteiger partial charge is 0.390 e. The first-order valence-corrected chi connectivity index (χ1v) is 12.3. The molecule has 33 heavy (non-hydrogen) atoms. The van der Waals surface area contributed by atoms with Crippen LogP contribution in [-0.4, -0.2) is 70.4 Å². The van der Waals surface area contributed by atoms with Crippen molar-refractivity contribution in [2.75, 3.05) is 11.1 Å². The number of nitrogens with zero attached hydrogens (tertiary/aromatic N) is 5. The van der Waals surface area contributed by atoms with E-state index in [1.165, 1.54) is 16.8 Å². The number of hydrogen-bond donors (Lipinski definition) is 4. The summed E-state index contributed by atoms with van der Waals surface area (Å²) in [6.07, 6.45) is -0.310. The lowest BCUT2D eigenvalue weighted by Crippen LogP contribution is -2.31. The van der Waals surface area contributed by atoms with E-state index >= 15 is 0 Å². The predicted molar refractivity (Wildman–Crippen MR) is 122 cm³/mol. The highest BCUT2D eigenvalue weighted by atomic mass is 32.2. The first kappa shape index (κ1) is 22.5. The third kappa shape index (κ3) is 4.42. The van der Waals surface area contributed by atoms with E-state index in [2.05, 4.69) is 32.5 Å². The van der Waals surface area contributed by atoms with Crippen LogP contribution in [-0.2, 0) is 0 Å². The van der Waals surface area contributed by atoms with Crippen LogP contribution in [0.3, 0.4) is 0 Å². The molecule has 2 aromatic heterocycles. The number of fused-ring (bicyclic) bond motifs is 1. The summed E-state index contributed by atoms with van der Waals surface area (Å²) < 4.78 is 14.8. The first-order chi connectivity index (χ1) is 16.0. The van der Waals surface area contributed by atoms with Crippen LogP contribution in [0.4, 0.5) is 10.2 Å². The Hall–Kier alpha value is -2.34. The molecule has 2 aliphatic rings. The molecule has 3 aromatic rings. The summed E-state index contributed by atoms with van der Waals surface area (Å²) in [7, 11) is 0. The van der Waals surface area contributed by atoms with Crippen molar-refractivity contribution in [1.29, 1.82) is 0 Å². The van der Waals surface area contributed by atoms with Crippen molar-refractivity contribution in [3.8, 4) is 0 Å². The summed E-state index contributed by atoms with van der Waals surface area (Å²) in [6.45, 7) is 2.12. The fraction of sp³-hybridized carbons (Fsp3) is 0.545. The average molecular weight is 475 g/mol. The maximum atomic E-state index is 13.3. The van der Waals surface area contributed by atoms with Gasteiger partial charge in [-0.05, 0) is 30.5 Å². The minimum absolute atomic E-state index is 0.132. The molecule has 6 unspecified atom stereocenters. The van der Waals surface area contributed by atoms with Gasteiger partial charge in [-0.3, -0.25) is 0 Å². The van der Waals surface area contributed by atoms with Gasteiger partial charge in [0, 0.05) is 24.1 Å². The monoisotopic (exact) mass is 474 g/mol. The molecule has 2 saturated carbocycles. The number of hydrogen-bond acceptors (Lipinski definition) is 9. The zero-order valence-corrected chi connectivity index (χ0v) is 19.0. The molecule has 0 aliphatic heterocycles. The number of unbranched alkanes of at least 4 members (excludes halogenated alkanes) is 1. The van der Waals surface area contributed by atoms with Gasteiger partial charge in [0.1, 0.15) is 18.0 Å². The second kappa shape index (κ2) is 9.13. The third-order valence-corrected chi connectivity index (χ3v) is 7.31. The van der Waals surface area contributed by atoms with Crippen molar-refractivity contribution in [2.24, 2.45) is 0 Å². The average Bonchev–Trinajstić information content (AvgIpc) is 3.36. The number of aromatic nitrogens is 5. The molecule has 4 N–H and O–H groups in total. The van der Waals surface area contributed by atoms with Gasteiger partial charge in [-0.2, -0.15) is 0 Å². The summed E-state index contributed by atoms with van der Waals surface area (Å²) in [5, 5.41) is 42.9. The molecule has 0 bridgehead atoms. The van der Waals surface area contributed by atoms with Gasteiger partial charge in [0.15, 0.2) is 22.1 Å². The highest BCUT2D eigenvalue weighted by molar-refractivity contribution is 7.99. The van der Waals surface area contributed by atoms with Gasteiger partial charge in [0.25, 0.3) is 0 Å². The molecule has 2 heterocycles. The lowest BCUT2D eigenvalue weighted by atomic mass is 10.1. The molecule has 0 amide bonds. The van der Waals surface area contributed by atoms with Gasteiger partial charge in [-0.25, -0.2) is 19.0 Å². The maximum absolute atomic E-state index is 13.3. The number of anilines is 1. The Morgan fingerprint density at radius 3 is 2.61 bits per heavy atom. The van der Waals surface area contributed by atoms with Crippen LogP contribution in [0.5, 0.6) is 0 Å². The summed E-state index contributed by atoms with van der Waals surface area (Å²) in [5.74, 6) is 1.43. The van der Waals surface area contributed by atoms with Gasteiger partial charge in [-0.1, -0.05) is 42.5 Å². The molecule has 0 radical (unpaired) electrons. The zero-order chi connectivity index (χ0) is 23.1. The highest BCUT2D eigenvalue weighted by Crippen LogP contribution is 2.43. The lowest BCUT2D eigenvalue weighted by molar-refractivity contribution is -0.0253. The molecule has 2 fully saturated rings. The van der Waals surface area contributed by atoms with E-state index in [0.29, 0.717) is 22.1 Å². The van der Waals surface area contributed by atoms with E-state index in [0.717, 1.165) is 30.6 Å². The molecule has 6 atom stereocenters. The Balaban J connectivity index is 1.44. The minimum atomic E-state index is -1.24. The Labute approximate surface area is 194 Å². The Bertz CT molecular complexity index is 1130. The SMILES string of the molecule is CCCCSc1nc(NC2CC2c2ccc(F)cc2)c2nnn(C3CC(O)C(O)C3O)c2n1. The number of thioether (sulfide) groups is 1. The molecular formula is C22H27FN6O3S. The molecule has 11 heteroatoms. The summed E-state index contributed by atoms with van der Waals surface area (Å²) in [4.78, 5) is 9.33. The lowest BCUT2D eigenvalue weighted by Gasteiger charge is -2.16. The summed E-state index contributed by atoms with van der Waals surface area (Å²) in [5.41, 5.74) is 2.00. The van der Waals surface area contributed by atoms with Crippen molar-refractivity contribution < 1.29 is 19.7 Å². The van der Waals surface area contributed by atoms with Gasteiger partial charge < -0.3 is 20.6 Å². The van der Waals surface area contributed by atoms with Gasteiger partial charge in [-0.15, -0.1) is 5.10 Å². The second-order valence-corrected chi connectivity index (χ2v) is 9.82. The topological polar surface area (TPSA) is 129 Å². The van der Waals surface area contributed by atoms with Crippen molar-refractivity contribution in [2.45, 2.75) is 74.1 Å². The van der Waals surface area contributed by atoms with Gasteiger partial charge >= 0.3 is 0 Å².